The number of rotatable bonds is 3. The maximum absolute atomic E-state index is 12.5. The van der Waals surface area contributed by atoms with Crippen LogP contribution < -0.4 is 4.90 Å². The fourth-order valence-corrected chi connectivity index (χ4v) is 1.34. The third-order valence-corrected chi connectivity index (χ3v) is 2.29. The second kappa shape index (κ2) is 5.87. The molecule has 1 aromatic rings. The highest BCUT2D eigenvalue weighted by Gasteiger charge is 2.32. The molecule has 0 aliphatic heterocycles. The lowest BCUT2D eigenvalue weighted by molar-refractivity contribution is -0.139. The molecule has 0 atom stereocenters. The Labute approximate surface area is 110 Å². The van der Waals surface area contributed by atoms with Crippen LogP contribution in [0.1, 0.15) is 5.56 Å². The summed E-state index contributed by atoms with van der Waals surface area (Å²) in [6.45, 7) is -0.609. The Bertz CT molecular complexity index is 493. The summed E-state index contributed by atoms with van der Waals surface area (Å²) in [6.07, 6.45) is -3.04. The number of halogens is 4. The molecule has 0 radical (unpaired) electrons. The first kappa shape index (κ1) is 15.2. The molecule has 0 N–H and O–H groups in total. The van der Waals surface area contributed by atoms with E-state index in [1.54, 1.807) is 0 Å². The van der Waals surface area contributed by atoms with Crippen LogP contribution in [0.2, 0.25) is 0 Å². The molecule has 1 amide bonds. The molecule has 0 aliphatic rings. The zero-order chi connectivity index (χ0) is 14.6. The van der Waals surface area contributed by atoms with Gasteiger partial charge >= 0.3 is 17.5 Å². The van der Waals surface area contributed by atoms with E-state index in [-0.39, 0.29) is 5.69 Å². The lowest BCUT2D eigenvalue weighted by atomic mass is 10.2. The maximum Gasteiger partial charge on any atom is 0.417 e. The molecule has 0 unspecified atom stereocenters. The van der Waals surface area contributed by atoms with E-state index in [4.69, 9.17) is 11.6 Å². The summed E-state index contributed by atoms with van der Waals surface area (Å²) in [5, 5.41) is -1.12. The number of carbonyl (C=O) groups is 2. The molecule has 1 heterocycles. The number of hydrogen-bond donors (Lipinski definition) is 0. The van der Waals surface area contributed by atoms with Crippen molar-refractivity contribution in [2.75, 3.05) is 18.6 Å². The van der Waals surface area contributed by atoms with Crippen LogP contribution in [0.25, 0.3) is 0 Å². The summed E-state index contributed by atoms with van der Waals surface area (Å²) in [6, 6.07) is 0.663. The van der Waals surface area contributed by atoms with Crippen LogP contribution in [0.4, 0.5) is 23.7 Å². The van der Waals surface area contributed by atoms with Gasteiger partial charge in [0.25, 0.3) is 0 Å². The Morgan fingerprint density at radius 1 is 1.42 bits per heavy atom. The first-order valence-electron chi connectivity index (χ1n) is 4.81. The molecule has 0 fully saturated rings. The zero-order valence-electron chi connectivity index (χ0n) is 9.57. The monoisotopic (exact) mass is 296 g/mol. The van der Waals surface area contributed by atoms with Crippen LogP contribution in [0.3, 0.4) is 0 Å². The predicted molar refractivity (Wildman–Crippen MR) is 59.9 cm³/mol. The molecular formula is C10H8ClF3N2O3. The van der Waals surface area contributed by atoms with Crippen LogP contribution in [0, 0.1) is 0 Å². The summed E-state index contributed by atoms with van der Waals surface area (Å²) in [7, 11) is 1.07. The number of ether oxygens (including phenoxy) is 1. The van der Waals surface area contributed by atoms with Crippen LogP contribution in [-0.2, 0) is 15.7 Å². The van der Waals surface area contributed by atoms with Crippen LogP contribution in [0.5, 0.6) is 0 Å². The number of alkyl halides is 3. The number of hydrogen-bond acceptors (Lipinski definition) is 4. The minimum atomic E-state index is -4.62. The highest BCUT2D eigenvalue weighted by molar-refractivity contribution is 6.66. The molecular weight excluding hydrogens is 289 g/mol. The first-order valence-corrected chi connectivity index (χ1v) is 5.19. The van der Waals surface area contributed by atoms with Gasteiger partial charge in [-0.15, -0.1) is 0 Å². The Kier molecular flexibility index (Phi) is 4.71. The summed E-state index contributed by atoms with van der Waals surface area (Å²) in [5.41, 5.74) is -1.31. The van der Waals surface area contributed by atoms with Crippen molar-refractivity contribution in [2.45, 2.75) is 6.18 Å². The smallest absolute Gasteiger partial charge is 0.417 e. The van der Waals surface area contributed by atoms with Crippen molar-refractivity contribution in [3.63, 3.8) is 0 Å². The number of pyridine rings is 1. The molecule has 5 nitrogen and oxygen atoms in total. The molecule has 0 aliphatic carbocycles. The molecule has 1 aromatic heterocycles. The molecule has 19 heavy (non-hydrogen) atoms. The van der Waals surface area contributed by atoms with Gasteiger partial charge in [-0.05, 0) is 17.7 Å². The summed E-state index contributed by atoms with van der Waals surface area (Å²) >= 11 is 5.22. The van der Waals surface area contributed by atoms with Gasteiger partial charge in [0.1, 0.15) is 6.54 Å². The molecule has 0 aromatic carbocycles. The van der Waals surface area contributed by atoms with Crippen molar-refractivity contribution in [1.82, 2.24) is 4.98 Å². The molecule has 9 heteroatoms. The summed E-state index contributed by atoms with van der Waals surface area (Å²) < 4.78 is 41.8. The van der Waals surface area contributed by atoms with E-state index in [2.05, 4.69) is 9.72 Å². The third-order valence-electron chi connectivity index (χ3n) is 2.09. The van der Waals surface area contributed by atoms with Gasteiger partial charge in [-0.2, -0.15) is 13.2 Å². The number of anilines is 1. The Morgan fingerprint density at radius 3 is 2.53 bits per heavy atom. The number of aromatic nitrogens is 1. The Morgan fingerprint density at radius 2 is 2.05 bits per heavy atom. The van der Waals surface area contributed by atoms with Gasteiger partial charge in [0.15, 0.2) is 0 Å². The lowest BCUT2D eigenvalue weighted by Gasteiger charge is -2.19. The van der Waals surface area contributed by atoms with Crippen molar-refractivity contribution < 1.29 is 27.5 Å². The molecule has 104 valence electrons. The van der Waals surface area contributed by atoms with Crippen LogP contribution >= 0.6 is 11.6 Å². The number of amides is 1. The van der Waals surface area contributed by atoms with E-state index in [1.165, 1.54) is 0 Å². The van der Waals surface area contributed by atoms with E-state index in [0.717, 1.165) is 13.3 Å². The number of carbonyl (C=O) groups excluding carboxylic acids is 2. The van der Waals surface area contributed by atoms with Crippen LogP contribution in [-0.4, -0.2) is 30.0 Å². The van der Waals surface area contributed by atoms with Gasteiger partial charge < -0.3 is 4.74 Å². The molecule has 0 spiro atoms. The fraction of sp³-hybridized carbons (Fsp3) is 0.300. The average molecular weight is 297 g/mol. The maximum atomic E-state index is 12.5. The van der Waals surface area contributed by atoms with Gasteiger partial charge in [-0.25, -0.2) is 0 Å². The summed E-state index contributed by atoms with van der Waals surface area (Å²) in [5.74, 6) is -0.827. The Hall–Kier alpha value is -1.83. The van der Waals surface area contributed by atoms with E-state index in [1.807, 2.05) is 0 Å². The van der Waals surface area contributed by atoms with Crippen LogP contribution in [0.15, 0.2) is 18.5 Å². The normalized spacial score (nSPS) is 11.0. The first-order chi connectivity index (χ1) is 8.75. The van der Waals surface area contributed by atoms with E-state index >= 15 is 0 Å². The van der Waals surface area contributed by atoms with E-state index < -0.39 is 29.6 Å². The highest BCUT2D eigenvalue weighted by Crippen LogP contribution is 2.31. The third kappa shape index (κ3) is 4.09. The van der Waals surface area contributed by atoms with Gasteiger partial charge in [-0.1, -0.05) is 0 Å². The quantitative estimate of drug-likeness (QED) is 0.488. The van der Waals surface area contributed by atoms with Gasteiger partial charge in [0.2, 0.25) is 0 Å². The number of methoxy groups -OCH3 is 1. The average Bonchev–Trinajstić information content (AvgIpc) is 2.34. The minimum absolute atomic E-state index is 0.250. The molecule has 0 bridgehead atoms. The van der Waals surface area contributed by atoms with Gasteiger partial charge in [0.05, 0.1) is 24.6 Å². The largest absolute Gasteiger partial charge is 0.468 e. The second-order valence-corrected chi connectivity index (χ2v) is 3.67. The Balaban J connectivity index is 3.10. The standard InChI is InChI=1S/C10H8ClF3N2O3/c1-19-8(17)5-16(9(11)18)7-2-6(3-15-4-7)10(12,13)14/h2-4H,5H2,1H3. The predicted octanol–water partition coefficient (Wildman–Crippen LogP) is 2.44. The molecule has 0 saturated carbocycles. The number of esters is 1. The van der Waals surface area contributed by atoms with Crippen molar-refractivity contribution in [1.29, 1.82) is 0 Å². The summed E-state index contributed by atoms with van der Waals surface area (Å²) in [4.78, 5) is 26.2. The lowest BCUT2D eigenvalue weighted by Crippen LogP contribution is -2.32. The van der Waals surface area contributed by atoms with Crippen molar-refractivity contribution >= 4 is 28.6 Å². The van der Waals surface area contributed by atoms with Crippen molar-refractivity contribution in [3.05, 3.63) is 24.0 Å². The zero-order valence-corrected chi connectivity index (χ0v) is 10.3. The van der Waals surface area contributed by atoms with Crippen molar-refractivity contribution in [2.24, 2.45) is 0 Å². The fourth-order valence-electron chi connectivity index (χ4n) is 1.18. The van der Waals surface area contributed by atoms with Gasteiger partial charge in [0, 0.05) is 6.20 Å². The van der Waals surface area contributed by atoms with Crippen molar-refractivity contribution in [3.8, 4) is 0 Å². The number of nitrogens with zero attached hydrogens (tertiary/aromatic N) is 2. The highest BCUT2D eigenvalue weighted by atomic mass is 35.5. The van der Waals surface area contributed by atoms with E-state index in [9.17, 15) is 22.8 Å². The minimum Gasteiger partial charge on any atom is -0.468 e. The SMILES string of the molecule is COC(=O)CN(C(=O)Cl)c1cncc(C(F)(F)F)c1. The van der Waals surface area contributed by atoms with Gasteiger partial charge in [-0.3, -0.25) is 19.5 Å². The topological polar surface area (TPSA) is 59.5 Å². The second-order valence-electron chi connectivity index (χ2n) is 3.34. The molecule has 1 rings (SSSR count). The van der Waals surface area contributed by atoms with E-state index in [0.29, 0.717) is 17.2 Å². The molecule has 0 saturated heterocycles.